The Morgan fingerprint density at radius 1 is 1.18 bits per heavy atom. The summed E-state index contributed by atoms with van der Waals surface area (Å²) >= 11 is 1.58. The van der Waals surface area contributed by atoms with Crippen molar-refractivity contribution in [2.45, 2.75) is 25.2 Å². The molecule has 0 saturated heterocycles. The minimum absolute atomic E-state index is 0.156. The lowest BCUT2D eigenvalue weighted by molar-refractivity contribution is 1.01. The van der Waals surface area contributed by atoms with Gasteiger partial charge in [0.05, 0.1) is 15.6 Å². The maximum absolute atomic E-state index is 7.77. The molecule has 110 valence electrons. The first kappa shape index (κ1) is 13.5. The monoisotopic (exact) mass is 307 g/mol. The minimum atomic E-state index is 0.156. The van der Waals surface area contributed by atoms with Gasteiger partial charge in [0.15, 0.2) is 0 Å². The quantitative estimate of drug-likeness (QED) is 0.564. The third-order valence-corrected chi connectivity index (χ3v) is 5.23. The van der Waals surface area contributed by atoms with Gasteiger partial charge in [-0.2, -0.15) is 0 Å². The fraction of sp³-hybridized carbons (Fsp3) is 0.222. The Kier molecular flexibility index (Phi) is 3.19. The van der Waals surface area contributed by atoms with Crippen molar-refractivity contribution in [3.63, 3.8) is 0 Å². The summed E-state index contributed by atoms with van der Waals surface area (Å²) < 4.78 is 0. The number of amidine groups is 1. The number of nitrogen functional groups attached to an aromatic ring is 1. The van der Waals surface area contributed by atoms with Crippen LogP contribution in [0.15, 0.2) is 42.5 Å². The molecule has 0 amide bonds. The summed E-state index contributed by atoms with van der Waals surface area (Å²) in [6.07, 6.45) is 3.16. The van der Waals surface area contributed by atoms with Crippen molar-refractivity contribution in [3.05, 3.63) is 63.6 Å². The predicted octanol–water partition coefficient (Wildman–Crippen LogP) is 4.05. The van der Waals surface area contributed by atoms with Crippen LogP contribution in [-0.4, -0.2) is 10.8 Å². The van der Waals surface area contributed by atoms with Gasteiger partial charge in [-0.15, -0.1) is 11.3 Å². The number of fused-ring (bicyclic) bond motifs is 1. The number of hydrogen-bond donors (Lipinski definition) is 2. The zero-order valence-electron chi connectivity index (χ0n) is 12.2. The van der Waals surface area contributed by atoms with Crippen LogP contribution < -0.4 is 5.73 Å². The Morgan fingerprint density at radius 2 is 1.95 bits per heavy atom. The number of nitrogens with two attached hydrogens (primary N) is 1. The van der Waals surface area contributed by atoms with Gasteiger partial charge < -0.3 is 5.73 Å². The summed E-state index contributed by atoms with van der Waals surface area (Å²) in [4.78, 5) is 5.67. The van der Waals surface area contributed by atoms with Crippen LogP contribution in [0, 0.1) is 5.41 Å². The molecule has 0 radical (unpaired) electrons. The second-order valence-electron chi connectivity index (χ2n) is 5.82. The highest BCUT2D eigenvalue weighted by atomic mass is 32.1. The first-order valence-corrected chi connectivity index (χ1v) is 8.34. The van der Waals surface area contributed by atoms with E-state index < -0.39 is 0 Å². The van der Waals surface area contributed by atoms with Crippen molar-refractivity contribution in [2.75, 3.05) is 0 Å². The van der Waals surface area contributed by atoms with Crippen molar-refractivity contribution in [2.24, 2.45) is 5.73 Å². The SMILES string of the molecule is N=C(N)c1sc(Cc2cccc3ccccc23)nc1C1CC1. The van der Waals surface area contributed by atoms with E-state index in [4.69, 9.17) is 16.1 Å². The molecule has 4 heteroatoms. The van der Waals surface area contributed by atoms with Crippen LogP contribution in [0.5, 0.6) is 0 Å². The van der Waals surface area contributed by atoms with Crippen LogP contribution in [0.3, 0.4) is 0 Å². The first-order valence-electron chi connectivity index (χ1n) is 7.53. The van der Waals surface area contributed by atoms with Gasteiger partial charge in [-0.1, -0.05) is 42.5 Å². The summed E-state index contributed by atoms with van der Waals surface area (Å²) in [5.74, 6) is 0.681. The third kappa shape index (κ3) is 2.40. The van der Waals surface area contributed by atoms with Crippen molar-refractivity contribution in [1.82, 2.24) is 4.98 Å². The lowest BCUT2D eigenvalue weighted by Crippen LogP contribution is -2.11. The molecular weight excluding hydrogens is 290 g/mol. The van der Waals surface area contributed by atoms with Crippen molar-refractivity contribution >= 4 is 27.9 Å². The number of thiazole rings is 1. The zero-order valence-corrected chi connectivity index (χ0v) is 13.0. The van der Waals surface area contributed by atoms with Crippen molar-refractivity contribution in [1.29, 1.82) is 5.41 Å². The Balaban J connectivity index is 1.73. The summed E-state index contributed by atoms with van der Waals surface area (Å²) in [7, 11) is 0. The van der Waals surface area contributed by atoms with Crippen LogP contribution >= 0.6 is 11.3 Å². The fourth-order valence-corrected chi connectivity index (χ4v) is 3.92. The molecule has 22 heavy (non-hydrogen) atoms. The molecule has 1 saturated carbocycles. The smallest absolute Gasteiger partial charge is 0.135 e. The Hall–Kier alpha value is -2.20. The number of nitrogens with one attached hydrogen (secondary N) is 1. The van der Waals surface area contributed by atoms with Crippen molar-refractivity contribution in [3.8, 4) is 0 Å². The fourth-order valence-electron chi connectivity index (χ4n) is 2.89. The van der Waals surface area contributed by atoms with E-state index in [1.54, 1.807) is 11.3 Å². The van der Waals surface area contributed by atoms with E-state index in [0.717, 1.165) is 22.0 Å². The zero-order chi connectivity index (χ0) is 15.1. The summed E-state index contributed by atoms with van der Waals surface area (Å²) in [5, 5.41) is 11.4. The van der Waals surface area contributed by atoms with Crippen LogP contribution in [-0.2, 0) is 6.42 Å². The molecule has 1 fully saturated rings. The Labute approximate surface area is 133 Å². The van der Waals surface area contributed by atoms with E-state index in [0.29, 0.717) is 5.92 Å². The van der Waals surface area contributed by atoms with Gasteiger partial charge >= 0.3 is 0 Å². The maximum Gasteiger partial charge on any atom is 0.135 e. The average molecular weight is 307 g/mol. The molecule has 2 aromatic carbocycles. The Morgan fingerprint density at radius 3 is 2.73 bits per heavy atom. The Bertz CT molecular complexity index is 856. The van der Waals surface area contributed by atoms with Crippen LogP contribution in [0.4, 0.5) is 0 Å². The van der Waals surface area contributed by atoms with Crippen LogP contribution in [0.25, 0.3) is 10.8 Å². The molecule has 3 N–H and O–H groups in total. The van der Waals surface area contributed by atoms with Crippen LogP contribution in [0.1, 0.15) is 39.9 Å². The van der Waals surface area contributed by atoms with E-state index in [1.165, 1.54) is 29.2 Å². The molecule has 0 unspecified atom stereocenters. The first-order chi connectivity index (χ1) is 10.7. The highest BCUT2D eigenvalue weighted by Gasteiger charge is 2.30. The van der Waals surface area contributed by atoms with E-state index in [9.17, 15) is 0 Å². The molecule has 3 nitrogen and oxygen atoms in total. The standard InChI is InChI=1S/C18H17N3S/c19-18(20)17-16(12-8-9-12)21-15(22-17)10-13-6-3-5-11-4-1-2-7-14(11)13/h1-7,12H,8-10H2,(H3,19,20). The topological polar surface area (TPSA) is 62.8 Å². The van der Waals surface area contributed by atoms with Crippen LogP contribution in [0.2, 0.25) is 0 Å². The van der Waals surface area contributed by atoms with E-state index >= 15 is 0 Å². The largest absolute Gasteiger partial charge is 0.383 e. The summed E-state index contributed by atoms with van der Waals surface area (Å²) in [6.45, 7) is 0. The van der Waals surface area contributed by atoms with Gasteiger partial charge in [-0.05, 0) is 29.2 Å². The predicted molar refractivity (Wildman–Crippen MR) is 91.9 cm³/mol. The van der Waals surface area contributed by atoms with Gasteiger partial charge in [-0.3, -0.25) is 5.41 Å². The van der Waals surface area contributed by atoms with E-state index in [-0.39, 0.29) is 5.84 Å². The normalized spacial score (nSPS) is 14.4. The third-order valence-electron chi connectivity index (χ3n) is 4.13. The number of hydrogen-bond acceptors (Lipinski definition) is 3. The highest BCUT2D eigenvalue weighted by Crippen LogP contribution is 2.42. The second kappa shape index (κ2) is 5.21. The molecule has 0 spiro atoms. The number of rotatable bonds is 4. The minimum Gasteiger partial charge on any atom is -0.383 e. The molecule has 1 aliphatic rings. The van der Waals surface area contributed by atoms with E-state index in [2.05, 4.69) is 42.5 Å². The highest BCUT2D eigenvalue weighted by molar-refractivity contribution is 7.13. The molecule has 0 atom stereocenters. The molecule has 4 rings (SSSR count). The number of aromatic nitrogens is 1. The molecular formula is C18H17N3S. The van der Waals surface area contributed by atoms with Gasteiger partial charge in [-0.25, -0.2) is 4.98 Å². The lowest BCUT2D eigenvalue weighted by Gasteiger charge is -2.04. The second-order valence-corrected chi connectivity index (χ2v) is 6.91. The maximum atomic E-state index is 7.77. The molecule has 1 heterocycles. The van der Waals surface area contributed by atoms with Gasteiger partial charge in [0.25, 0.3) is 0 Å². The number of nitrogens with zero attached hydrogens (tertiary/aromatic N) is 1. The summed E-state index contributed by atoms with van der Waals surface area (Å²) in [6, 6.07) is 14.8. The van der Waals surface area contributed by atoms with E-state index in [1.807, 2.05) is 0 Å². The summed E-state index contributed by atoms with van der Waals surface area (Å²) in [5.41, 5.74) is 8.06. The van der Waals surface area contributed by atoms with Gasteiger partial charge in [0, 0.05) is 12.3 Å². The van der Waals surface area contributed by atoms with Gasteiger partial charge in [0.2, 0.25) is 0 Å². The lowest BCUT2D eigenvalue weighted by atomic mass is 10.0. The van der Waals surface area contributed by atoms with Gasteiger partial charge in [0.1, 0.15) is 5.84 Å². The number of benzene rings is 2. The molecule has 0 bridgehead atoms. The molecule has 1 aromatic heterocycles. The molecule has 1 aliphatic carbocycles. The molecule has 3 aromatic rings. The molecule has 0 aliphatic heterocycles. The average Bonchev–Trinajstić information content (AvgIpc) is 3.28. The van der Waals surface area contributed by atoms with Crippen molar-refractivity contribution < 1.29 is 0 Å².